The summed E-state index contributed by atoms with van der Waals surface area (Å²) in [6, 6.07) is 7.82. The van der Waals surface area contributed by atoms with Crippen LogP contribution in [0.25, 0.3) is 0 Å². The summed E-state index contributed by atoms with van der Waals surface area (Å²) in [4.78, 5) is 6.52. The van der Waals surface area contributed by atoms with E-state index in [2.05, 4.69) is 9.88 Å². The monoisotopic (exact) mass is 383 g/mol. The molecule has 0 spiro atoms. The molecule has 1 aromatic carbocycles. The van der Waals surface area contributed by atoms with Crippen LogP contribution in [0.15, 0.2) is 30.5 Å². The van der Waals surface area contributed by atoms with Crippen molar-refractivity contribution >= 4 is 21.4 Å². The zero-order chi connectivity index (χ0) is 18.0. The van der Waals surface area contributed by atoms with Crippen molar-refractivity contribution in [1.29, 1.82) is 0 Å². The standard InChI is InChI=1S/C17H22ClN3O3S/c1-20-16(18)9-19-17(20)11-21(14-7-8-25(22,23)12-14)10-13-3-5-15(24-2)6-4-13/h3-6,9,14H,7-8,10-12H2,1-2H3/t14-/m1/s1. The highest BCUT2D eigenvalue weighted by Gasteiger charge is 2.32. The first-order valence-electron chi connectivity index (χ1n) is 8.11. The normalized spacial score (nSPS) is 19.4. The zero-order valence-electron chi connectivity index (χ0n) is 14.4. The van der Waals surface area contributed by atoms with Crippen molar-refractivity contribution in [3.05, 3.63) is 47.0 Å². The molecule has 1 aliphatic rings. The molecule has 2 aromatic rings. The molecule has 0 amide bonds. The highest BCUT2D eigenvalue weighted by atomic mass is 35.5. The number of benzene rings is 1. The number of nitrogens with zero attached hydrogens (tertiary/aromatic N) is 3. The molecule has 1 aliphatic heterocycles. The molecule has 6 nitrogen and oxygen atoms in total. The molecule has 3 rings (SSSR count). The predicted octanol–water partition coefficient (Wildman–Crippen LogP) is 2.27. The maximum atomic E-state index is 11.9. The van der Waals surface area contributed by atoms with Crippen LogP contribution < -0.4 is 4.74 Å². The van der Waals surface area contributed by atoms with E-state index in [1.54, 1.807) is 13.3 Å². The molecule has 8 heteroatoms. The van der Waals surface area contributed by atoms with E-state index in [1.165, 1.54) is 0 Å². The number of hydrogen-bond donors (Lipinski definition) is 0. The van der Waals surface area contributed by atoms with Gasteiger partial charge >= 0.3 is 0 Å². The molecule has 1 saturated heterocycles. The van der Waals surface area contributed by atoms with Gasteiger partial charge in [0.2, 0.25) is 0 Å². The van der Waals surface area contributed by atoms with Gasteiger partial charge in [0, 0.05) is 19.6 Å². The molecule has 1 atom stereocenters. The van der Waals surface area contributed by atoms with Crippen molar-refractivity contribution in [3.63, 3.8) is 0 Å². The van der Waals surface area contributed by atoms with Crippen molar-refractivity contribution in [2.24, 2.45) is 7.05 Å². The van der Waals surface area contributed by atoms with E-state index < -0.39 is 9.84 Å². The third kappa shape index (κ3) is 4.34. The van der Waals surface area contributed by atoms with Gasteiger partial charge in [-0.1, -0.05) is 23.7 Å². The molecule has 0 bridgehead atoms. The van der Waals surface area contributed by atoms with Gasteiger partial charge in [0.25, 0.3) is 0 Å². The van der Waals surface area contributed by atoms with Gasteiger partial charge in [0.15, 0.2) is 9.84 Å². The Morgan fingerprint density at radius 2 is 2.04 bits per heavy atom. The van der Waals surface area contributed by atoms with Crippen LogP contribution in [0.5, 0.6) is 5.75 Å². The molecule has 2 heterocycles. The van der Waals surface area contributed by atoms with Crippen LogP contribution in [-0.4, -0.2) is 47.5 Å². The molecule has 0 saturated carbocycles. The summed E-state index contributed by atoms with van der Waals surface area (Å²) in [7, 11) is 0.542. The SMILES string of the molecule is COc1ccc(CN(Cc2ncc(Cl)n2C)[C@@H]2CCS(=O)(=O)C2)cc1. The van der Waals surface area contributed by atoms with E-state index >= 15 is 0 Å². The smallest absolute Gasteiger partial charge is 0.151 e. The average molecular weight is 384 g/mol. The van der Waals surface area contributed by atoms with Crippen molar-refractivity contribution in [1.82, 2.24) is 14.5 Å². The summed E-state index contributed by atoms with van der Waals surface area (Å²) < 4.78 is 30.9. The summed E-state index contributed by atoms with van der Waals surface area (Å²) in [5.74, 6) is 2.07. The van der Waals surface area contributed by atoms with Crippen LogP contribution in [0.3, 0.4) is 0 Å². The molecular formula is C17H22ClN3O3S. The Bertz CT molecular complexity index is 833. The molecule has 1 aromatic heterocycles. The Kier molecular flexibility index (Phi) is 5.36. The molecule has 0 N–H and O–H groups in total. The Morgan fingerprint density at radius 1 is 1.32 bits per heavy atom. The molecule has 0 aliphatic carbocycles. The van der Waals surface area contributed by atoms with E-state index in [9.17, 15) is 8.42 Å². The van der Waals surface area contributed by atoms with Gasteiger partial charge in [-0.15, -0.1) is 0 Å². The lowest BCUT2D eigenvalue weighted by Gasteiger charge is -2.28. The lowest BCUT2D eigenvalue weighted by atomic mass is 10.1. The maximum absolute atomic E-state index is 11.9. The van der Waals surface area contributed by atoms with E-state index in [1.807, 2.05) is 35.9 Å². The van der Waals surface area contributed by atoms with Crippen LogP contribution in [0.1, 0.15) is 17.8 Å². The average Bonchev–Trinajstić information content (AvgIpc) is 3.11. The fraction of sp³-hybridized carbons (Fsp3) is 0.471. The first-order chi connectivity index (χ1) is 11.9. The highest BCUT2D eigenvalue weighted by Crippen LogP contribution is 2.23. The van der Waals surface area contributed by atoms with Crippen molar-refractivity contribution in [3.8, 4) is 5.75 Å². The highest BCUT2D eigenvalue weighted by molar-refractivity contribution is 7.91. The Balaban J connectivity index is 1.81. The largest absolute Gasteiger partial charge is 0.497 e. The van der Waals surface area contributed by atoms with Gasteiger partial charge in [0.05, 0.1) is 31.4 Å². The Hall–Kier alpha value is -1.57. The number of rotatable bonds is 6. The third-order valence-corrected chi connectivity index (χ3v) is 6.74. The summed E-state index contributed by atoms with van der Waals surface area (Å²) in [6.45, 7) is 1.20. The number of ether oxygens (including phenoxy) is 1. The van der Waals surface area contributed by atoms with Crippen molar-refractivity contribution in [2.75, 3.05) is 18.6 Å². The fourth-order valence-corrected chi connectivity index (χ4v) is 5.00. The molecule has 1 fully saturated rings. The Morgan fingerprint density at radius 3 is 2.56 bits per heavy atom. The first kappa shape index (κ1) is 18.2. The quantitative estimate of drug-likeness (QED) is 0.765. The topological polar surface area (TPSA) is 64.4 Å². The molecule has 25 heavy (non-hydrogen) atoms. The second kappa shape index (κ2) is 7.35. The summed E-state index contributed by atoms with van der Waals surface area (Å²) >= 11 is 6.08. The van der Waals surface area contributed by atoms with E-state index in [0.29, 0.717) is 24.7 Å². The van der Waals surface area contributed by atoms with Crippen molar-refractivity contribution in [2.45, 2.75) is 25.6 Å². The lowest BCUT2D eigenvalue weighted by molar-refractivity contribution is 0.187. The number of halogens is 1. The summed E-state index contributed by atoms with van der Waals surface area (Å²) in [5.41, 5.74) is 1.10. The number of sulfone groups is 1. The molecule has 0 unspecified atom stereocenters. The van der Waals surface area contributed by atoms with Gasteiger partial charge in [-0.05, 0) is 24.1 Å². The van der Waals surface area contributed by atoms with E-state index in [0.717, 1.165) is 17.1 Å². The summed E-state index contributed by atoms with van der Waals surface area (Å²) in [5, 5.41) is 0.568. The molecular weight excluding hydrogens is 362 g/mol. The number of imidazole rings is 1. The third-order valence-electron chi connectivity index (χ3n) is 4.64. The second-order valence-corrected chi connectivity index (χ2v) is 8.98. The second-order valence-electron chi connectivity index (χ2n) is 6.37. The van der Waals surface area contributed by atoms with Crippen LogP contribution in [0.4, 0.5) is 0 Å². The number of methoxy groups -OCH3 is 1. The number of aromatic nitrogens is 2. The van der Waals surface area contributed by atoms with Gasteiger partial charge in [-0.3, -0.25) is 4.90 Å². The lowest BCUT2D eigenvalue weighted by Crippen LogP contribution is -2.36. The van der Waals surface area contributed by atoms with E-state index in [4.69, 9.17) is 16.3 Å². The van der Waals surface area contributed by atoms with Crippen molar-refractivity contribution < 1.29 is 13.2 Å². The fourth-order valence-electron chi connectivity index (χ4n) is 3.10. The molecule has 136 valence electrons. The van der Waals surface area contributed by atoms with Crippen LogP contribution >= 0.6 is 11.6 Å². The molecule has 0 radical (unpaired) electrons. The van der Waals surface area contributed by atoms with Gasteiger partial charge in [0.1, 0.15) is 16.7 Å². The zero-order valence-corrected chi connectivity index (χ0v) is 15.9. The van der Waals surface area contributed by atoms with Crippen LogP contribution in [0.2, 0.25) is 5.15 Å². The van der Waals surface area contributed by atoms with Gasteiger partial charge in [-0.25, -0.2) is 13.4 Å². The summed E-state index contributed by atoms with van der Waals surface area (Å²) in [6.07, 6.45) is 2.27. The van der Waals surface area contributed by atoms with E-state index in [-0.39, 0.29) is 17.5 Å². The minimum absolute atomic E-state index is 0.0115. The van der Waals surface area contributed by atoms with Crippen LogP contribution in [-0.2, 0) is 30.0 Å². The minimum Gasteiger partial charge on any atom is -0.497 e. The van der Waals surface area contributed by atoms with Crippen LogP contribution in [0, 0.1) is 0 Å². The van der Waals surface area contributed by atoms with Gasteiger partial charge in [-0.2, -0.15) is 0 Å². The first-order valence-corrected chi connectivity index (χ1v) is 10.3. The minimum atomic E-state index is -2.96. The number of hydrogen-bond acceptors (Lipinski definition) is 5. The Labute approximate surface area is 153 Å². The maximum Gasteiger partial charge on any atom is 0.151 e. The predicted molar refractivity (Wildman–Crippen MR) is 97.5 cm³/mol. The van der Waals surface area contributed by atoms with Gasteiger partial charge < -0.3 is 9.30 Å².